The van der Waals surface area contributed by atoms with Crippen LogP contribution in [0, 0.1) is 17.3 Å². The molecule has 0 aromatic heterocycles. The van der Waals surface area contributed by atoms with Gasteiger partial charge in [0.25, 0.3) is 0 Å². The van der Waals surface area contributed by atoms with Crippen molar-refractivity contribution < 1.29 is 24.9 Å². The quantitative estimate of drug-likeness (QED) is 0.555. The Morgan fingerprint density at radius 1 is 1.26 bits per heavy atom. The summed E-state index contributed by atoms with van der Waals surface area (Å²) < 4.78 is 5.92. The van der Waals surface area contributed by atoms with E-state index in [1.807, 2.05) is 19.9 Å². The van der Waals surface area contributed by atoms with Crippen molar-refractivity contribution >= 4 is 5.97 Å². The van der Waals surface area contributed by atoms with E-state index in [-0.39, 0.29) is 29.6 Å². The molecule has 5 heteroatoms. The average Bonchev–Trinajstić information content (AvgIpc) is 2.82. The molecule has 0 amide bonds. The predicted octanol–water partition coefficient (Wildman–Crippen LogP) is 3.43. The van der Waals surface area contributed by atoms with Crippen molar-refractivity contribution in [2.24, 2.45) is 17.3 Å². The van der Waals surface area contributed by atoms with Crippen LogP contribution in [0.25, 0.3) is 0 Å². The maximum absolute atomic E-state index is 12.7. The molecule has 2 aliphatic rings. The van der Waals surface area contributed by atoms with Gasteiger partial charge in [0.1, 0.15) is 11.9 Å². The van der Waals surface area contributed by atoms with Gasteiger partial charge in [0.15, 0.2) is 0 Å². The Hall–Kier alpha value is -1.85. The van der Waals surface area contributed by atoms with Crippen LogP contribution < -0.4 is 0 Å². The number of esters is 1. The van der Waals surface area contributed by atoms with Crippen molar-refractivity contribution in [2.45, 2.75) is 58.2 Å². The highest BCUT2D eigenvalue weighted by Crippen LogP contribution is 2.58. The van der Waals surface area contributed by atoms with Gasteiger partial charge < -0.3 is 20.1 Å². The van der Waals surface area contributed by atoms with Gasteiger partial charge >= 0.3 is 5.97 Å². The summed E-state index contributed by atoms with van der Waals surface area (Å²) in [6, 6.07) is 5.96. The standard InChI is InChI=1S/C22H30O5/c1-14(2)22(26)11-10-21(3)9-8-15(13-23)12-18(19(21)22)27-20(25)16-4-6-17(24)7-5-16/h4-8,14,18-19,23-24,26H,9-13H2,1-3H3/t18-,19+,21-,22+/m0/s1. The topological polar surface area (TPSA) is 87.0 Å². The van der Waals surface area contributed by atoms with E-state index in [9.17, 15) is 20.1 Å². The van der Waals surface area contributed by atoms with Crippen molar-refractivity contribution in [3.63, 3.8) is 0 Å². The van der Waals surface area contributed by atoms with Crippen molar-refractivity contribution in [3.05, 3.63) is 41.5 Å². The van der Waals surface area contributed by atoms with Crippen molar-refractivity contribution in [3.8, 4) is 5.75 Å². The molecule has 0 heterocycles. The third kappa shape index (κ3) is 3.63. The lowest BCUT2D eigenvalue weighted by atomic mass is 9.67. The summed E-state index contributed by atoms with van der Waals surface area (Å²) in [4.78, 5) is 12.7. The van der Waals surface area contributed by atoms with Gasteiger partial charge in [0.05, 0.1) is 17.8 Å². The minimum absolute atomic E-state index is 0.0369. The van der Waals surface area contributed by atoms with Crippen LogP contribution in [0.4, 0.5) is 0 Å². The third-order valence-corrected chi connectivity index (χ3v) is 6.64. The summed E-state index contributed by atoms with van der Waals surface area (Å²) in [5.74, 6) is -0.551. The summed E-state index contributed by atoms with van der Waals surface area (Å²) in [6.45, 7) is 6.10. The fraction of sp³-hybridized carbons (Fsp3) is 0.591. The molecule has 3 rings (SSSR count). The maximum Gasteiger partial charge on any atom is 0.338 e. The Balaban J connectivity index is 1.94. The van der Waals surface area contributed by atoms with Crippen molar-refractivity contribution in [1.82, 2.24) is 0 Å². The number of carbonyl (C=O) groups excluding carboxylic acids is 1. The van der Waals surface area contributed by atoms with Gasteiger partial charge in [-0.15, -0.1) is 0 Å². The molecule has 0 aliphatic heterocycles. The molecule has 1 aromatic carbocycles. The smallest absolute Gasteiger partial charge is 0.338 e. The molecular weight excluding hydrogens is 344 g/mol. The van der Waals surface area contributed by atoms with E-state index >= 15 is 0 Å². The number of ether oxygens (including phenoxy) is 1. The number of phenols is 1. The number of benzene rings is 1. The fourth-order valence-electron chi connectivity index (χ4n) is 4.93. The third-order valence-electron chi connectivity index (χ3n) is 6.64. The minimum atomic E-state index is -0.909. The molecule has 5 nitrogen and oxygen atoms in total. The highest BCUT2D eigenvalue weighted by molar-refractivity contribution is 5.89. The Morgan fingerprint density at radius 2 is 1.93 bits per heavy atom. The second-order valence-electron chi connectivity index (χ2n) is 8.70. The molecule has 4 atom stereocenters. The molecular formula is C22H30O5. The van der Waals surface area contributed by atoms with Crippen LogP contribution >= 0.6 is 0 Å². The van der Waals surface area contributed by atoms with Crippen LogP contribution in [-0.4, -0.2) is 39.6 Å². The Morgan fingerprint density at radius 3 is 2.52 bits per heavy atom. The molecule has 3 N–H and O–H groups in total. The van der Waals surface area contributed by atoms with E-state index in [1.165, 1.54) is 24.3 Å². The van der Waals surface area contributed by atoms with Crippen LogP contribution in [0.2, 0.25) is 0 Å². The first-order valence-corrected chi connectivity index (χ1v) is 9.71. The summed E-state index contributed by atoms with van der Waals surface area (Å²) in [7, 11) is 0. The monoisotopic (exact) mass is 374 g/mol. The van der Waals surface area contributed by atoms with Gasteiger partial charge in [-0.3, -0.25) is 0 Å². The molecule has 148 valence electrons. The average molecular weight is 374 g/mol. The molecule has 1 aromatic rings. The molecule has 0 bridgehead atoms. The first-order chi connectivity index (χ1) is 12.7. The molecule has 27 heavy (non-hydrogen) atoms. The zero-order valence-electron chi connectivity index (χ0n) is 16.3. The van der Waals surface area contributed by atoms with Gasteiger partial charge in [0, 0.05) is 12.3 Å². The normalized spacial score (nSPS) is 33.3. The lowest BCUT2D eigenvalue weighted by Gasteiger charge is -2.43. The van der Waals surface area contributed by atoms with Gasteiger partial charge in [-0.1, -0.05) is 26.8 Å². The molecule has 1 saturated carbocycles. The first-order valence-electron chi connectivity index (χ1n) is 9.71. The number of phenolic OH excluding ortho intramolecular Hbond substituents is 1. The molecule has 0 spiro atoms. The molecule has 0 unspecified atom stereocenters. The number of allylic oxidation sites excluding steroid dienone is 1. The lowest BCUT2D eigenvalue weighted by Crippen LogP contribution is -2.50. The second-order valence-corrected chi connectivity index (χ2v) is 8.70. The number of rotatable bonds is 4. The van der Waals surface area contributed by atoms with Crippen LogP contribution in [0.3, 0.4) is 0 Å². The minimum Gasteiger partial charge on any atom is -0.508 e. The SMILES string of the molecule is CC(C)[C@]1(O)CC[C@]2(C)CC=C(CO)C[C@H](OC(=O)c3ccc(O)cc3)[C@H]21. The van der Waals surface area contributed by atoms with Crippen molar-refractivity contribution in [2.75, 3.05) is 6.61 Å². The van der Waals surface area contributed by atoms with E-state index in [4.69, 9.17) is 4.74 Å². The highest BCUT2D eigenvalue weighted by Gasteiger charge is 2.59. The molecule has 0 saturated heterocycles. The Labute approximate surface area is 160 Å². The second kappa shape index (κ2) is 7.28. The number of aliphatic hydroxyl groups is 2. The Kier molecular flexibility index (Phi) is 5.37. The van der Waals surface area contributed by atoms with E-state index < -0.39 is 17.7 Å². The first kappa shape index (κ1) is 19.9. The summed E-state index contributed by atoms with van der Waals surface area (Å²) in [5, 5.41) is 30.6. The lowest BCUT2D eigenvalue weighted by molar-refractivity contribution is -0.112. The van der Waals surface area contributed by atoms with Gasteiger partial charge in [0.2, 0.25) is 0 Å². The van der Waals surface area contributed by atoms with Crippen LogP contribution in [0.5, 0.6) is 5.75 Å². The number of hydrogen-bond acceptors (Lipinski definition) is 5. The predicted molar refractivity (Wildman–Crippen MR) is 102 cm³/mol. The molecule has 0 radical (unpaired) electrons. The number of aliphatic hydroxyl groups excluding tert-OH is 1. The summed E-state index contributed by atoms with van der Waals surface area (Å²) in [6.07, 6.45) is 4.27. The number of carbonyl (C=O) groups is 1. The van der Waals surface area contributed by atoms with Crippen LogP contribution in [0.15, 0.2) is 35.9 Å². The van der Waals surface area contributed by atoms with Gasteiger partial charge in [-0.25, -0.2) is 4.79 Å². The zero-order chi connectivity index (χ0) is 19.8. The van der Waals surface area contributed by atoms with Crippen LogP contribution in [-0.2, 0) is 4.74 Å². The highest BCUT2D eigenvalue weighted by atomic mass is 16.5. The van der Waals surface area contributed by atoms with E-state index in [0.29, 0.717) is 18.4 Å². The summed E-state index contributed by atoms with van der Waals surface area (Å²) in [5.41, 5.74) is 0.114. The van der Waals surface area contributed by atoms with Gasteiger partial charge in [-0.2, -0.15) is 0 Å². The van der Waals surface area contributed by atoms with Gasteiger partial charge in [-0.05, 0) is 60.4 Å². The Bertz CT molecular complexity index is 723. The fourth-order valence-corrected chi connectivity index (χ4v) is 4.93. The number of aromatic hydroxyl groups is 1. The maximum atomic E-state index is 12.7. The van der Waals surface area contributed by atoms with E-state index in [2.05, 4.69) is 6.92 Å². The van der Waals surface area contributed by atoms with Crippen molar-refractivity contribution in [1.29, 1.82) is 0 Å². The molecule has 2 aliphatic carbocycles. The largest absolute Gasteiger partial charge is 0.508 e. The summed E-state index contributed by atoms with van der Waals surface area (Å²) >= 11 is 0. The zero-order valence-corrected chi connectivity index (χ0v) is 16.3. The number of hydrogen-bond donors (Lipinski definition) is 3. The van der Waals surface area contributed by atoms with E-state index in [1.54, 1.807) is 0 Å². The molecule has 1 fully saturated rings. The van der Waals surface area contributed by atoms with E-state index in [0.717, 1.165) is 18.4 Å². The van der Waals surface area contributed by atoms with Crippen LogP contribution in [0.1, 0.15) is 56.8 Å². The number of fused-ring (bicyclic) bond motifs is 1.